The fourth-order valence-electron chi connectivity index (χ4n) is 3.82. The van der Waals surface area contributed by atoms with E-state index in [4.69, 9.17) is 4.42 Å². The number of hydrogen-bond acceptors (Lipinski definition) is 4. The Bertz CT molecular complexity index is 840. The van der Waals surface area contributed by atoms with Crippen molar-refractivity contribution in [3.05, 3.63) is 68.8 Å². The van der Waals surface area contributed by atoms with Gasteiger partial charge in [-0.3, -0.25) is 4.79 Å². The van der Waals surface area contributed by atoms with E-state index in [2.05, 4.69) is 5.32 Å². The van der Waals surface area contributed by atoms with Crippen LogP contribution in [0.4, 0.5) is 0 Å². The molecular weight excluding hydrogens is 316 g/mol. The Balaban J connectivity index is 1.60. The Morgan fingerprint density at radius 1 is 1.24 bits per heavy atom. The predicted octanol–water partition coefficient (Wildman–Crippen LogP) is 2.57. The molecule has 5 nitrogen and oxygen atoms in total. The van der Waals surface area contributed by atoms with Crippen LogP contribution in [0.25, 0.3) is 0 Å². The number of amides is 1. The van der Waals surface area contributed by atoms with E-state index < -0.39 is 5.63 Å². The highest BCUT2D eigenvalue weighted by atomic mass is 16.4. The first-order chi connectivity index (χ1) is 12.1. The van der Waals surface area contributed by atoms with Crippen LogP contribution < -0.4 is 10.9 Å². The van der Waals surface area contributed by atoms with Gasteiger partial charge in [0.25, 0.3) is 5.91 Å². The van der Waals surface area contributed by atoms with Gasteiger partial charge in [0.05, 0.1) is 0 Å². The zero-order chi connectivity index (χ0) is 17.4. The van der Waals surface area contributed by atoms with Crippen LogP contribution in [0.1, 0.15) is 51.6 Å². The van der Waals surface area contributed by atoms with Crippen LogP contribution in [0.15, 0.2) is 39.5 Å². The number of piperidine rings is 1. The van der Waals surface area contributed by atoms with Gasteiger partial charge in [-0.1, -0.05) is 24.3 Å². The molecule has 1 atom stereocenters. The minimum Gasteiger partial charge on any atom is -0.427 e. The maximum absolute atomic E-state index is 12.9. The average molecular weight is 338 g/mol. The summed E-state index contributed by atoms with van der Waals surface area (Å²) in [5, 5.41) is 3.33. The van der Waals surface area contributed by atoms with Crippen LogP contribution in [-0.4, -0.2) is 23.9 Å². The molecule has 0 saturated carbocycles. The highest BCUT2D eigenvalue weighted by molar-refractivity contribution is 5.95. The van der Waals surface area contributed by atoms with Crippen molar-refractivity contribution in [1.82, 2.24) is 10.2 Å². The van der Waals surface area contributed by atoms with Crippen LogP contribution in [0, 0.1) is 6.92 Å². The number of carbonyl (C=O) groups is 1. The maximum atomic E-state index is 12.9. The summed E-state index contributed by atoms with van der Waals surface area (Å²) in [4.78, 5) is 27.2. The summed E-state index contributed by atoms with van der Waals surface area (Å²) >= 11 is 0. The summed E-state index contributed by atoms with van der Waals surface area (Å²) in [6, 6.07) is 9.86. The molecule has 25 heavy (non-hydrogen) atoms. The molecule has 1 fully saturated rings. The van der Waals surface area contributed by atoms with E-state index in [0.717, 1.165) is 37.1 Å². The van der Waals surface area contributed by atoms with Gasteiger partial charge in [-0.15, -0.1) is 0 Å². The molecule has 2 aromatic rings. The zero-order valence-electron chi connectivity index (χ0n) is 14.4. The van der Waals surface area contributed by atoms with E-state index in [0.29, 0.717) is 24.4 Å². The van der Waals surface area contributed by atoms with Crippen molar-refractivity contribution in [2.45, 2.75) is 38.8 Å². The van der Waals surface area contributed by atoms with Gasteiger partial charge in [-0.2, -0.15) is 0 Å². The van der Waals surface area contributed by atoms with Crippen LogP contribution in [-0.2, 0) is 13.1 Å². The summed E-state index contributed by atoms with van der Waals surface area (Å²) < 4.78 is 5.54. The number of nitrogens with one attached hydrogen (secondary N) is 1. The summed E-state index contributed by atoms with van der Waals surface area (Å²) in [5.41, 5.74) is 2.64. The molecule has 0 aliphatic carbocycles. The third-order valence-electron chi connectivity index (χ3n) is 5.21. The van der Waals surface area contributed by atoms with Gasteiger partial charge in [-0.25, -0.2) is 4.79 Å². The largest absolute Gasteiger partial charge is 0.427 e. The Morgan fingerprint density at radius 3 is 2.56 bits per heavy atom. The molecule has 0 radical (unpaired) electrons. The van der Waals surface area contributed by atoms with E-state index in [-0.39, 0.29) is 17.4 Å². The van der Waals surface area contributed by atoms with Crippen LogP contribution in [0.3, 0.4) is 0 Å². The first kappa shape index (κ1) is 16.1. The summed E-state index contributed by atoms with van der Waals surface area (Å²) in [5.74, 6) is 0.659. The molecule has 5 heteroatoms. The van der Waals surface area contributed by atoms with Crippen molar-refractivity contribution < 1.29 is 9.21 Å². The molecule has 1 saturated heterocycles. The molecule has 1 N–H and O–H groups in total. The van der Waals surface area contributed by atoms with Gasteiger partial charge < -0.3 is 14.6 Å². The minimum absolute atomic E-state index is 0.167. The highest BCUT2D eigenvalue weighted by Gasteiger charge is 2.28. The quantitative estimate of drug-likeness (QED) is 0.914. The SMILES string of the molecule is Cc1cc(C2CCCNC2)oc(=O)c1C(=O)N1Cc2ccccc2C1. The first-order valence-corrected chi connectivity index (χ1v) is 8.85. The van der Waals surface area contributed by atoms with E-state index in [1.54, 1.807) is 4.90 Å². The Labute approximate surface area is 146 Å². The third kappa shape index (κ3) is 3.00. The molecule has 2 aliphatic heterocycles. The van der Waals surface area contributed by atoms with Crippen molar-refractivity contribution in [1.29, 1.82) is 0 Å². The van der Waals surface area contributed by atoms with Gasteiger partial charge in [0.15, 0.2) is 0 Å². The van der Waals surface area contributed by atoms with E-state index in [1.807, 2.05) is 37.3 Å². The van der Waals surface area contributed by atoms with Crippen molar-refractivity contribution in [2.24, 2.45) is 0 Å². The molecule has 4 rings (SSSR count). The topological polar surface area (TPSA) is 62.6 Å². The third-order valence-corrected chi connectivity index (χ3v) is 5.21. The monoisotopic (exact) mass is 338 g/mol. The maximum Gasteiger partial charge on any atom is 0.349 e. The van der Waals surface area contributed by atoms with Gasteiger partial charge in [0.1, 0.15) is 11.3 Å². The van der Waals surface area contributed by atoms with Crippen molar-refractivity contribution in [2.75, 3.05) is 13.1 Å². The highest BCUT2D eigenvalue weighted by Crippen LogP contribution is 2.26. The Hall–Kier alpha value is -2.40. The van der Waals surface area contributed by atoms with Gasteiger partial charge in [0, 0.05) is 25.6 Å². The van der Waals surface area contributed by atoms with E-state index in [9.17, 15) is 9.59 Å². The Kier molecular flexibility index (Phi) is 4.17. The molecule has 2 aliphatic rings. The Morgan fingerprint density at radius 2 is 1.96 bits per heavy atom. The van der Waals surface area contributed by atoms with E-state index >= 15 is 0 Å². The van der Waals surface area contributed by atoms with Crippen molar-refractivity contribution >= 4 is 5.91 Å². The van der Waals surface area contributed by atoms with Crippen molar-refractivity contribution in [3.8, 4) is 0 Å². The lowest BCUT2D eigenvalue weighted by Crippen LogP contribution is -2.32. The summed E-state index contributed by atoms with van der Waals surface area (Å²) in [7, 11) is 0. The number of benzene rings is 1. The summed E-state index contributed by atoms with van der Waals surface area (Å²) in [6.45, 7) is 4.74. The second kappa shape index (κ2) is 6.48. The van der Waals surface area contributed by atoms with Gasteiger partial charge in [-0.05, 0) is 49.1 Å². The number of fused-ring (bicyclic) bond motifs is 1. The normalized spacial score (nSPS) is 19.7. The van der Waals surface area contributed by atoms with Crippen LogP contribution in [0.2, 0.25) is 0 Å². The molecule has 130 valence electrons. The molecule has 3 heterocycles. The lowest BCUT2D eigenvalue weighted by Gasteiger charge is -2.22. The minimum atomic E-state index is -0.512. The second-order valence-electron chi connectivity index (χ2n) is 6.97. The average Bonchev–Trinajstić information content (AvgIpc) is 3.06. The molecular formula is C20H22N2O3. The molecule has 1 aromatic heterocycles. The fourth-order valence-corrected chi connectivity index (χ4v) is 3.82. The number of aryl methyl sites for hydroxylation is 1. The molecule has 1 unspecified atom stereocenters. The molecule has 0 bridgehead atoms. The smallest absolute Gasteiger partial charge is 0.349 e. The van der Waals surface area contributed by atoms with Crippen molar-refractivity contribution in [3.63, 3.8) is 0 Å². The predicted molar refractivity (Wildman–Crippen MR) is 94.6 cm³/mol. The second-order valence-corrected chi connectivity index (χ2v) is 6.97. The lowest BCUT2D eigenvalue weighted by molar-refractivity contribution is 0.0745. The standard InChI is InChI=1S/C20H22N2O3/c1-13-9-17(14-7-4-8-21-10-14)25-20(24)18(13)19(23)22-11-15-5-2-3-6-16(15)12-22/h2-3,5-6,9,14,21H,4,7-8,10-12H2,1H3. The summed E-state index contributed by atoms with van der Waals surface area (Å²) in [6.07, 6.45) is 2.07. The fraction of sp³-hybridized carbons (Fsp3) is 0.400. The van der Waals surface area contributed by atoms with Crippen LogP contribution >= 0.6 is 0 Å². The lowest BCUT2D eigenvalue weighted by atomic mass is 9.95. The van der Waals surface area contributed by atoms with Gasteiger partial charge >= 0.3 is 5.63 Å². The molecule has 1 aromatic carbocycles. The number of rotatable bonds is 2. The number of nitrogens with zero attached hydrogens (tertiary/aromatic N) is 1. The molecule has 0 spiro atoms. The number of hydrogen-bond donors (Lipinski definition) is 1. The van der Waals surface area contributed by atoms with Gasteiger partial charge in [0.2, 0.25) is 0 Å². The molecule has 1 amide bonds. The zero-order valence-corrected chi connectivity index (χ0v) is 14.4. The first-order valence-electron chi connectivity index (χ1n) is 8.85. The number of carbonyl (C=O) groups excluding carboxylic acids is 1. The van der Waals surface area contributed by atoms with E-state index in [1.165, 1.54) is 0 Å². The van der Waals surface area contributed by atoms with Crippen LogP contribution in [0.5, 0.6) is 0 Å².